The molecule has 18 heavy (non-hydrogen) atoms. The average Bonchev–Trinajstić information content (AvgIpc) is 2.46. The van der Waals surface area contributed by atoms with Gasteiger partial charge in [-0.3, -0.25) is 0 Å². The Morgan fingerprint density at radius 2 is 1.61 bits per heavy atom. The van der Waals surface area contributed by atoms with Crippen molar-refractivity contribution in [2.45, 2.75) is 31.8 Å². The van der Waals surface area contributed by atoms with Crippen LogP contribution in [0.1, 0.15) is 23.1 Å². The lowest BCUT2D eigenvalue weighted by Gasteiger charge is -2.26. The molecule has 3 rings (SSSR count). The van der Waals surface area contributed by atoms with E-state index in [9.17, 15) is 0 Å². The van der Waals surface area contributed by atoms with Crippen LogP contribution >= 0.6 is 0 Å². The van der Waals surface area contributed by atoms with Gasteiger partial charge in [0.05, 0.1) is 0 Å². The zero-order chi connectivity index (χ0) is 12.2. The van der Waals surface area contributed by atoms with Gasteiger partial charge in [-0.05, 0) is 36.0 Å². The Labute approximate surface area is 109 Å². The summed E-state index contributed by atoms with van der Waals surface area (Å²) in [5.41, 5.74) is 4.43. The molecule has 0 spiro atoms. The summed E-state index contributed by atoms with van der Waals surface area (Å²) in [5.74, 6) is 0. The summed E-state index contributed by atoms with van der Waals surface area (Å²) >= 11 is 0. The highest BCUT2D eigenvalue weighted by atomic mass is 14.9. The first kappa shape index (κ1) is 11.5. The summed E-state index contributed by atoms with van der Waals surface area (Å²) in [6.45, 7) is 1.02. The van der Waals surface area contributed by atoms with Crippen molar-refractivity contribution < 1.29 is 0 Å². The van der Waals surface area contributed by atoms with E-state index in [4.69, 9.17) is 0 Å². The number of fused-ring (bicyclic) bond motifs is 1. The quantitative estimate of drug-likeness (QED) is 0.863. The molecule has 0 aromatic heterocycles. The van der Waals surface area contributed by atoms with Crippen LogP contribution in [-0.2, 0) is 19.4 Å². The van der Waals surface area contributed by atoms with Crippen molar-refractivity contribution in [1.82, 2.24) is 5.32 Å². The van der Waals surface area contributed by atoms with Crippen LogP contribution in [0.25, 0.3) is 0 Å². The van der Waals surface area contributed by atoms with E-state index in [0.717, 1.165) is 6.54 Å². The molecule has 1 aliphatic rings. The van der Waals surface area contributed by atoms with E-state index < -0.39 is 0 Å². The van der Waals surface area contributed by atoms with Crippen LogP contribution in [0.15, 0.2) is 54.6 Å². The molecule has 1 N–H and O–H groups in total. The van der Waals surface area contributed by atoms with Gasteiger partial charge in [0.1, 0.15) is 0 Å². The normalized spacial score (nSPS) is 18.3. The molecule has 2 aromatic carbocycles. The molecule has 1 unspecified atom stereocenters. The molecule has 1 aliphatic heterocycles. The van der Waals surface area contributed by atoms with Gasteiger partial charge in [-0.15, -0.1) is 0 Å². The van der Waals surface area contributed by atoms with E-state index in [1.165, 1.54) is 36.0 Å². The zero-order valence-corrected chi connectivity index (χ0v) is 10.6. The SMILES string of the molecule is c1ccc(CCC2Cc3ccccc3CN2)cc1. The molecule has 1 nitrogen and oxygen atoms in total. The molecule has 1 atom stereocenters. The third-order valence-electron chi connectivity index (χ3n) is 3.79. The molecule has 1 heteroatoms. The minimum Gasteiger partial charge on any atom is -0.310 e. The molecule has 0 saturated heterocycles. The molecule has 0 bridgehead atoms. The first-order valence-electron chi connectivity index (χ1n) is 6.76. The molecule has 0 fully saturated rings. The predicted octanol–water partition coefficient (Wildman–Crippen LogP) is 3.33. The minimum absolute atomic E-state index is 0.625. The van der Waals surface area contributed by atoms with Crippen LogP contribution in [0, 0.1) is 0 Å². The second-order valence-electron chi connectivity index (χ2n) is 5.07. The summed E-state index contributed by atoms with van der Waals surface area (Å²) in [6.07, 6.45) is 3.56. The lowest BCUT2D eigenvalue weighted by Crippen LogP contribution is -2.35. The van der Waals surface area contributed by atoms with Crippen LogP contribution < -0.4 is 5.32 Å². The van der Waals surface area contributed by atoms with Crippen molar-refractivity contribution in [3.63, 3.8) is 0 Å². The van der Waals surface area contributed by atoms with Gasteiger partial charge in [-0.1, -0.05) is 54.6 Å². The number of hydrogen-bond acceptors (Lipinski definition) is 1. The Bertz CT molecular complexity index is 504. The van der Waals surface area contributed by atoms with Crippen molar-refractivity contribution in [3.05, 3.63) is 71.3 Å². The van der Waals surface area contributed by atoms with Crippen molar-refractivity contribution in [2.75, 3.05) is 0 Å². The monoisotopic (exact) mass is 237 g/mol. The minimum atomic E-state index is 0.625. The molecule has 0 saturated carbocycles. The topological polar surface area (TPSA) is 12.0 Å². The summed E-state index contributed by atoms with van der Waals surface area (Å²) < 4.78 is 0. The summed E-state index contributed by atoms with van der Waals surface area (Å²) in [7, 11) is 0. The number of hydrogen-bond donors (Lipinski definition) is 1. The second-order valence-corrected chi connectivity index (χ2v) is 5.07. The average molecular weight is 237 g/mol. The Morgan fingerprint density at radius 3 is 2.44 bits per heavy atom. The lowest BCUT2D eigenvalue weighted by molar-refractivity contribution is 0.452. The highest BCUT2D eigenvalue weighted by Crippen LogP contribution is 2.18. The molecule has 92 valence electrons. The van der Waals surface area contributed by atoms with Crippen LogP contribution in [0.5, 0.6) is 0 Å². The van der Waals surface area contributed by atoms with Gasteiger partial charge in [-0.25, -0.2) is 0 Å². The van der Waals surface area contributed by atoms with Gasteiger partial charge in [-0.2, -0.15) is 0 Å². The highest BCUT2D eigenvalue weighted by molar-refractivity contribution is 5.30. The van der Waals surface area contributed by atoms with Crippen LogP contribution in [0.3, 0.4) is 0 Å². The maximum atomic E-state index is 3.65. The third kappa shape index (κ3) is 2.62. The third-order valence-corrected chi connectivity index (χ3v) is 3.79. The predicted molar refractivity (Wildman–Crippen MR) is 75.5 cm³/mol. The van der Waals surface area contributed by atoms with Crippen molar-refractivity contribution in [3.8, 4) is 0 Å². The molecule has 1 heterocycles. The van der Waals surface area contributed by atoms with Gasteiger partial charge in [0.2, 0.25) is 0 Å². The Balaban J connectivity index is 1.60. The standard InChI is InChI=1S/C17H19N/c1-2-6-14(7-3-1)10-11-17-12-15-8-4-5-9-16(15)13-18-17/h1-9,17-18H,10-13H2. The fourth-order valence-electron chi connectivity index (χ4n) is 2.71. The molecular formula is C17H19N. The van der Waals surface area contributed by atoms with E-state index in [1.54, 1.807) is 0 Å². The number of nitrogens with one attached hydrogen (secondary N) is 1. The van der Waals surface area contributed by atoms with Crippen molar-refractivity contribution in [1.29, 1.82) is 0 Å². The van der Waals surface area contributed by atoms with E-state index in [-0.39, 0.29) is 0 Å². The first-order valence-corrected chi connectivity index (χ1v) is 6.76. The fraction of sp³-hybridized carbons (Fsp3) is 0.294. The van der Waals surface area contributed by atoms with E-state index >= 15 is 0 Å². The molecule has 2 aromatic rings. The van der Waals surface area contributed by atoms with Crippen molar-refractivity contribution in [2.24, 2.45) is 0 Å². The smallest absolute Gasteiger partial charge is 0.0210 e. The van der Waals surface area contributed by atoms with Gasteiger partial charge in [0.25, 0.3) is 0 Å². The van der Waals surface area contributed by atoms with E-state index in [2.05, 4.69) is 59.9 Å². The summed E-state index contributed by atoms with van der Waals surface area (Å²) in [6, 6.07) is 20.2. The second kappa shape index (κ2) is 5.36. The maximum absolute atomic E-state index is 3.65. The summed E-state index contributed by atoms with van der Waals surface area (Å²) in [4.78, 5) is 0. The summed E-state index contributed by atoms with van der Waals surface area (Å²) in [5, 5.41) is 3.65. The van der Waals surface area contributed by atoms with Crippen LogP contribution in [-0.4, -0.2) is 6.04 Å². The first-order chi connectivity index (χ1) is 8.92. The Morgan fingerprint density at radius 1 is 0.889 bits per heavy atom. The lowest BCUT2D eigenvalue weighted by atomic mass is 9.92. The van der Waals surface area contributed by atoms with Gasteiger partial charge >= 0.3 is 0 Å². The Kier molecular flexibility index (Phi) is 3.42. The zero-order valence-electron chi connectivity index (χ0n) is 10.6. The van der Waals surface area contributed by atoms with Gasteiger partial charge in [0.15, 0.2) is 0 Å². The molecule has 0 aliphatic carbocycles. The Hall–Kier alpha value is -1.60. The molecule has 0 amide bonds. The number of aryl methyl sites for hydroxylation is 1. The van der Waals surface area contributed by atoms with Gasteiger partial charge < -0.3 is 5.32 Å². The number of rotatable bonds is 3. The van der Waals surface area contributed by atoms with E-state index in [0.29, 0.717) is 6.04 Å². The number of benzene rings is 2. The molecule has 0 radical (unpaired) electrons. The van der Waals surface area contributed by atoms with E-state index in [1.807, 2.05) is 0 Å². The maximum Gasteiger partial charge on any atom is 0.0210 e. The van der Waals surface area contributed by atoms with Crippen LogP contribution in [0.4, 0.5) is 0 Å². The highest BCUT2D eigenvalue weighted by Gasteiger charge is 2.16. The largest absolute Gasteiger partial charge is 0.310 e. The van der Waals surface area contributed by atoms with Crippen molar-refractivity contribution >= 4 is 0 Å². The van der Waals surface area contributed by atoms with Gasteiger partial charge in [0, 0.05) is 12.6 Å². The molecular weight excluding hydrogens is 218 g/mol. The van der Waals surface area contributed by atoms with Crippen LogP contribution in [0.2, 0.25) is 0 Å². The fourth-order valence-corrected chi connectivity index (χ4v) is 2.71.